The molecule has 2 aromatic rings. The number of carbonyl (C=O) groups is 3. The average Bonchev–Trinajstić information content (AvgIpc) is 3.29. The summed E-state index contributed by atoms with van der Waals surface area (Å²) in [5.74, 6) is -2.43. The van der Waals surface area contributed by atoms with E-state index in [2.05, 4.69) is 12.6 Å². The third kappa shape index (κ3) is 4.41. The van der Waals surface area contributed by atoms with E-state index in [9.17, 15) is 14.4 Å². The maximum absolute atomic E-state index is 13.3. The Kier molecular flexibility index (Phi) is 5.83. The predicted octanol–water partition coefficient (Wildman–Crippen LogP) is 4.85. The molecule has 0 amide bonds. The number of fused-ring (bicyclic) bond motifs is 3. The number of benzene rings is 2. The molecule has 0 saturated carbocycles. The summed E-state index contributed by atoms with van der Waals surface area (Å²) < 4.78 is 17.0. The van der Waals surface area contributed by atoms with Crippen molar-refractivity contribution < 1.29 is 28.6 Å². The quantitative estimate of drug-likeness (QED) is 0.275. The van der Waals surface area contributed by atoms with Crippen molar-refractivity contribution in [2.24, 2.45) is 5.92 Å². The zero-order chi connectivity index (χ0) is 24.9. The molecule has 0 radical (unpaired) electrons. The van der Waals surface area contributed by atoms with Gasteiger partial charge in [-0.1, -0.05) is 54.1 Å². The van der Waals surface area contributed by atoms with Crippen LogP contribution in [0.15, 0.2) is 71.8 Å². The molecular weight excluding hydrogens is 444 g/mol. The Balaban J connectivity index is 1.43. The van der Waals surface area contributed by atoms with Gasteiger partial charge in [-0.15, -0.1) is 0 Å². The molecule has 1 saturated heterocycles. The second-order valence-corrected chi connectivity index (χ2v) is 9.78. The molecule has 6 nitrogen and oxygen atoms in total. The summed E-state index contributed by atoms with van der Waals surface area (Å²) in [6.45, 7) is 9.68. The molecule has 0 aromatic heterocycles. The van der Waals surface area contributed by atoms with E-state index in [0.717, 1.165) is 21.9 Å². The lowest BCUT2D eigenvalue weighted by atomic mass is 9.85. The van der Waals surface area contributed by atoms with Crippen molar-refractivity contribution in [2.45, 2.75) is 57.8 Å². The van der Waals surface area contributed by atoms with Gasteiger partial charge in [0.15, 0.2) is 0 Å². The highest BCUT2D eigenvalue weighted by atomic mass is 16.6. The SMILES string of the molecule is C=C1C(=O)OC2CC3=C[C@@H](C/C(C)=C/[C@@H](OC(=O)[C@H](C)c4ccc5cc(C)ccc5c4)[C@H]12)OC3=O. The smallest absolute Gasteiger partial charge is 0.334 e. The number of aryl methyl sites for hydroxylation is 1. The molecule has 2 bridgehead atoms. The first-order valence-electron chi connectivity index (χ1n) is 11.9. The highest BCUT2D eigenvalue weighted by molar-refractivity contribution is 5.93. The monoisotopic (exact) mass is 472 g/mol. The molecule has 1 unspecified atom stereocenters. The normalized spacial score (nSPS) is 28.4. The standard InChI is InChI=1S/C29H28O6/c1-15-5-6-21-12-19(7-8-20(21)9-15)17(3)27(30)34-24-11-16(2)10-23-13-22(29(32)33-23)14-25-26(24)18(4)28(31)35-25/h5-9,11-13,17,23-26H,4,10,14H2,1-3H3/b16-11+/t17-,23-,24-,25?,26+/m1/s1. The van der Waals surface area contributed by atoms with E-state index in [1.807, 2.05) is 57.2 Å². The summed E-state index contributed by atoms with van der Waals surface area (Å²) in [6.07, 6.45) is 2.54. The van der Waals surface area contributed by atoms with Crippen LogP contribution in [0, 0.1) is 12.8 Å². The fourth-order valence-electron chi connectivity index (χ4n) is 5.14. The number of esters is 3. The van der Waals surface area contributed by atoms with Crippen molar-refractivity contribution in [1.29, 1.82) is 0 Å². The van der Waals surface area contributed by atoms with E-state index in [-0.39, 0.29) is 18.1 Å². The summed E-state index contributed by atoms with van der Waals surface area (Å²) in [4.78, 5) is 38.1. The van der Waals surface area contributed by atoms with Crippen molar-refractivity contribution in [3.8, 4) is 0 Å². The maximum Gasteiger partial charge on any atom is 0.334 e. The van der Waals surface area contributed by atoms with Gasteiger partial charge in [-0.05, 0) is 49.3 Å². The number of rotatable bonds is 3. The van der Waals surface area contributed by atoms with Crippen molar-refractivity contribution in [3.63, 3.8) is 0 Å². The largest absolute Gasteiger partial charge is 0.458 e. The Hall–Kier alpha value is -3.67. The van der Waals surface area contributed by atoms with E-state index < -0.39 is 42.0 Å². The molecule has 5 rings (SSSR count). The van der Waals surface area contributed by atoms with E-state index in [4.69, 9.17) is 14.2 Å². The first-order valence-corrected chi connectivity index (χ1v) is 11.9. The molecule has 2 aromatic carbocycles. The van der Waals surface area contributed by atoms with Crippen LogP contribution < -0.4 is 0 Å². The minimum absolute atomic E-state index is 0.200. The van der Waals surface area contributed by atoms with Crippen molar-refractivity contribution in [3.05, 3.63) is 83.0 Å². The van der Waals surface area contributed by atoms with Crippen molar-refractivity contribution in [2.75, 3.05) is 0 Å². The first-order chi connectivity index (χ1) is 16.7. The summed E-state index contributed by atoms with van der Waals surface area (Å²) in [5, 5.41) is 2.17. The number of carbonyl (C=O) groups excluding carboxylic acids is 3. The second kappa shape index (κ2) is 8.84. The van der Waals surface area contributed by atoms with Crippen LogP contribution >= 0.6 is 0 Å². The van der Waals surface area contributed by atoms with E-state index in [1.54, 1.807) is 6.08 Å². The molecule has 6 heteroatoms. The number of hydrogen-bond acceptors (Lipinski definition) is 6. The fourth-order valence-corrected chi connectivity index (χ4v) is 5.14. The van der Waals surface area contributed by atoms with Crippen molar-refractivity contribution in [1.82, 2.24) is 0 Å². The van der Waals surface area contributed by atoms with Crippen molar-refractivity contribution >= 4 is 28.7 Å². The molecule has 180 valence electrons. The molecule has 5 atom stereocenters. The molecular formula is C29H28O6. The van der Waals surface area contributed by atoms with Crippen LogP contribution in [0.1, 0.15) is 43.7 Å². The van der Waals surface area contributed by atoms with Gasteiger partial charge in [0.25, 0.3) is 0 Å². The van der Waals surface area contributed by atoms with E-state index in [1.165, 1.54) is 5.56 Å². The Labute approximate surface area is 204 Å². The maximum atomic E-state index is 13.3. The van der Waals surface area contributed by atoms with Gasteiger partial charge < -0.3 is 14.2 Å². The lowest BCUT2D eigenvalue weighted by molar-refractivity contribution is -0.151. The third-order valence-electron chi connectivity index (χ3n) is 7.10. The minimum Gasteiger partial charge on any atom is -0.458 e. The van der Waals surface area contributed by atoms with Crippen LogP contribution in [0.3, 0.4) is 0 Å². The Morgan fingerprint density at radius 1 is 1.00 bits per heavy atom. The topological polar surface area (TPSA) is 78.9 Å². The lowest BCUT2D eigenvalue weighted by Gasteiger charge is -2.27. The van der Waals surface area contributed by atoms with E-state index >= 15 is 0 Å². The van der Waals surface area contributed by atoms with Crippen LogP contribution in [0.5, 0.6) is 0 Å². The van der Waals surface area contributed by atoms with Gasteiger partial charge in [0.2, 0.25) is 0 Å². The van der Waals surface area contributed by atoms with Crippen LogP contribution in [-0.2, 0) is 28.6 Å². The predicted molar refractivity (Wildman–Crippen MR) is 130 cm³/mol. The van der Waals surface area contributed by atoms with Gasteiger partial charge in [-0.25, -0.2) is 9.59 Å². The summed E-state index contributed by atoms with van der Waals surface area (Å²) in [7, 11) is 0. The first kappa shape index (κ1) is 23.1. The molecule has 1 fully saturated rings. The summed E-state index contributed by atoms with van der Waals surface area (Å²) >= 11 is 0. The fraction of sp³-hybridized carbons (Fsp3) is 0.345. The molecule has 2 heterocycles. The zero-order valence-electron chi connectivity index (χ0n) is 20.1. The molecule has 0 spiro atoms. The Morgan fingerprint density at radius 2 is 1.74 bits per heavy atom. The van der Waals surface area contributed by atoms with Gasteiger partial charge in [0, 0.05) is 24.0 Å². The van der Waals surface area contributed by atoms with E-state index in [0.29, 0.717) is 12.0 Å². The number of hydrogen-bond donors (Lipinski definition) is 0. The molecule has 35 heavy (non-hydrogen) atoms. The highest BCUT2D eigenvalue weighted by Crippen LogP contribution is 2.39. The van der Waals surface area contributed by atoms with Gasteiger partial charge in [-0.3, -0.25) is 4.79 Å². The lowest BCUT2D eigenvalue weighted by Crippen LogP contribution is -2.34. The Bertz CT molecular complexity index is 1320. The molecule has 3 aliphatic rings. The minimum atomic E-state index is -0.745. The van der Waals surface area contributed by atoms with Crippen LogP contribution in [0.2, 0.25) is 0 Å². The second-order valence-electron chi connectivity index (χ2n) is 9.78. The Morgan fingerprint density at radius 3 is 2.54 bits per heavy atom. The molecule has 2 aliphatic heterocycles. The van der Waals surface area contributed by atoms with Gasteiger partial charge in [0.05, 0.1) is 11.8 Å². The van der Waals surface area contributed by atoms with Crippen LogP contribution in [0.4, 0.5) is 0 Å². The van der Waals surface area contributed by atoms with Gasteiger partial charge >= 0.3 is 17.9 Å². The summed E-state index contributed by atoms with van der Waals surface area (Å²) in [5.41, 5.74) is 3.64. The van der Waals surface area contributed by atoms with Crippen LogP contribution in [-0.4, -0.2) is 36.2 Å². The number of ether oxygens (including phenoxy) is 3. The zero-order valence-corrected chi connectivity index (χ0v) is 20.1. The van der Waals surface area contributed by atoms with Crippen LogP contribution in [0.25, 0.3) is 10.8 Å². The third-order valence-corrected chi connectivity index (χ3v) is 7.10. The molecule has 0 N–H and O–H groups in total. The molecule has 1 aliphatic carbocycles. The highest BCUT2D eigenvalue weighted by Gasteiger charge is 2.46. The summed E-state index contributed by atoms with van der Waals surface area (Å²) in [6, 6.07) is 12.2. The van der Waals surface area contributed by atoms with Gasteiger partial charge in [0.1, 0.15) is 18.3 Å². The average molecular weight is 473 g/mol. The van der Waals surface area contributed by atoms with Gasteiger partial charge in [-0.2, -0.15) is 0 Å².